The van der Waals surface area contributed by atoms with Crippen LogP contribution in [0.2, 0.25) is 0 Å². The number of amides is 1. The highest BCUT2D eigenvalue weighted by molar-refractivity contribution is 7.13. The molecular weight excluding hydrogens is 268 g/mol. The van der Waals surface area contributed by atoms with Gasteiger partial charge >= 0.3 is 0 Å². The van der Waals surface area contributed by atoms with Gasteiger partial charge in [-0.25, -0.2) is 5.10 Å². The molecule has 9 nitrogen and oxygen atoms in total. The van der Waals surface area contributed by atoms with Crippen LogP contribution in [0.3, 0.4) is 0 Å². The van der Waals surface area contributed by atoms with E-state index in [-0.39, 0.29) is 18.4 Å². The first kappa shape index (κ1) is 11.5. The third-order valence-corrected chi connectivity index (χ3v) is 3.02. The van der Waals surface area contributed by atoms with E-state index in [2.05, 4.69) is 35.9 Å². The number of thiophene rings is 1. The molecule has 3 aromatic rings. The molecule has 3 heterocycles. The molecule has 0 bridgehead atoms. The Kier molecular flexibility index (Phi) is 2.98. The number of carbonyl (C=O) groups is 1. The summed E-state index contributed by atoms with van der Waals surface area (Å²) in [5, 5.41) is 22.4. The van der Waals surface area contributed by atoms with E-state index in [1.165, 1.54) is 22.5 Å². The Balaban J connectivity index is 1.65. The predicted molar refractivity (Wildman–Crippen MR) is 66.1 cm³/mol. The van der Waals surface area contributed by atoms with E-state index >= 15 is 0 Å². The van der Waals surface area contributed by atoms with Crippen molar-refractivity contribution in [3.8, 4) is 10.7 Å². The lowest BCUT2D eigenvalue weighted by molar-refractivity contribution is -0.117. The van der Waals surface area contributed by atoms with E-state index in [9.17, 15) is 4.79 Å². The normalized spacial score (nSPS) is 10.5. The lowest BCUT2D eigenvalue weighted by Crippen LogP contribution is -2.21. The first-order chi connectivity index (χ1) is 9.31. The molecule has 2 N–H and O–H groups in total. The highest BCUT2D eigenvalue weighted by Gasteiger charge is 2.10. The van der Waals surface area contributed by atoms with Crippen LogP contribution in [0.5, 0.6) is 0 Å². The van der Waals surface area contributed by atoms with Crippen LogP contribution in [0.15, 0.2) is 23.8 Å². The minimum absolute atomic E-state index is 0.0426. The van der Waals surface area contributed by atoms with E-state index in [1.54, 1.807) is 0 Å². The number of H-pyrrole nitrogens is 1. The van der Waals surface area contributed by atoms with Crippen molar-refractivity contribution in [1.82, 2.24) is 35.4 Å². The predicted octanol–water partition coefficient (Wildman–Crippen LogP) is 0.158. The maximum atomic E-state index is 11.7. The third kappa shape index (κ3) is 2.63. The summed E-state index contributed by atoms with van der Waals surface area (Å²) < 4.78 is 0. The summed E-state index contributed by atoms with van der Waals surface area (Å²) in [5.41, 5.74) is 0. The number of tetrazole rings is 1. The highest BCUT2D eigenvalue weighted by atomic mass is 32.1. The molecule has 0 radical (unpaired) electrons. The molecule has 0 spiro atoms. The molecule has 0 aliphatic carbocycles. The minimum Gasteiger partial charge on any atom is -0.293 e. The van der Waals surface area contributed by atoms with Gasteiger partial charge < -0.3 is 0 Å². The van der Waals surface area contributed by atoms with Gasteiger partial charge in [0.25, 0.3) is 0 Å². The lowest BCUT2D eigenvalue weighted by Gasteiger charge is -1.99. The standard InChI is InChI=1S/C9H8N8OS/c18-7(12-9-10-5-11-14-9)4-17-15-8(13-16-17)6-2-1-3-19-6/h1-3,5H,4H2,(H2,10,11,12,14,18). The highest BCUT2D eigenvalue weighted by Crippen LogP contribution is 2.19. The molecule has 3 rings (SSSR count). The van der Waals surface area contributed by atoms with E-state index in [1.807, 2.05) is 17.5 Å². The summed E-state index contributed by atoms with van der Waals surface area (Å²) in [5.74, 6) is 0.470. The van der Waals surface area contributed by atoms with Crippen LogP contribution in [-0.2, 0) is 11.3 Å². The molecular formula is C9H8N8OS. The van der Waals surface area contributed by atoms with E-state index in [0.29, 0.717) is 5.82 Å². The Bertz CT molecular complexity index is 658. The number of rotatable bonds is 4. The molecule has 0 saturated heterocycles. The summed E-state index contributed by atoms with van der Waals surface area (Å²) in [6.45, 7) is -0.0426. The number of carbonyl (C=O) groups excluding carboxylic acids is 1. The van der Waals surface area contributed by atoms with Crippen LogP contribution < -0.4 is 5.32 Å². The van der Waals surface area contributed by atoms with Crippen molar-refractivity contribution >= 4 is 23.2 Å². The molecule has 96 valence electrons. The molecule has 0 aliphatic rings. The number of hydrogen-bond donors (Lipinski definition) is 2. The molecule has 3 aromatic heterocycles. The number of nitrogens with zero attached hydrogens (tertiary/aromatic N) is 6. The second kappa shape index (κ2) is 4.94. The number of aromatic amines is 1. The van der Waals surface area contributed by atoms with Crippen molar-refractivity contribution in [2.45, 2.75) is 6.54 Å². The minimum atomic E-state index is -0.313. The Hall–Kier alpha value is -2.62. The van der Waals surface area contributed by atoms with Crippen molar-refractivity contribution in [2.75, 3.05) is 5.32 Å². The van der Waals surface area contributed by atoms with Crippen LogP contribution in [0.4, 0.5) is 5.95 Å². The second-order valence-corrected chi connectivity index (χ2v) is 4.45. The molecule has 0 aromatic carbocycles. The summed E-state index contributed by atoms with van der Waals surface area (Å²) in [7, 11) is 0. The molecule has 0 atom stereocenters. The molecule has 19 heavy (non-hydrogen) atoms. The number of anilines is 1. The summed E-state index contributed by atoms with van der Waals surface area (Å²) in [6.07, 6.45) is 1.30. The topological polar surface area (TPSA) is 114 Å². The van der Waals surface area contributed by atoms with Gasteiger partial charge in [0.2, 0.25) is 17.7 Å². The zero-order valence-electron chi connectivity index (χ0n) is 9.52. The fourth-order valence-electron chi connectivity index (χ4n) is 1.38. The number of hydrogen-bond acceptors (Lipinski definition) is 7. The average Bonchev–Trinajstić information content (AvgIpc) is 3.09. The van der Waals surface area contributed by atoms with Crippen molar-refractivity contribution in [1.29, 1.82) is 0 Å². The van der Waals surface area contributed by atoms with Gasteiger partial charge in [-0.15, -0.1) is 21.5 Å². The SMILES string of the molecule is O=C(Cn1nnc(-c2cccs2)n1)Nc1ncn[nH]1. The molecule has 0 saturated carbocycles. The molecule has 0 fully saturated rings. The van der Waals surface area contributed by atoms with E-state index in [0.717, 1.165) is 4.88 Å². The molecule has 0 unspecified atom stereocenters. The van der Waals surface area contributed by atoms with Crippen LogP contribution in [0.25, 0.3) is 10.7 Å². The maximum absolute atomic E-state index is 11.7. The quantitative estimate of drug-likeness (QED) is 0.701. The molecule has 0 aliphatic heterocycles. The number of aromatic nitrogens is 7. The summed E-state index contributed by atoms with van der Waals surface area (Å²) in [4.78, 5) is 17.6. The first-order valence-electron chi connectivity index (χ1n) is 5.28. The Labute approximate surface area is 110 Å². The van der Waals surface area contributed by atoms with Gasteiger partial charge in [0.15, 0.2) is 0 Å². The Morgan fingerprint density at radius 1 is 1.53 bits per heavy atom. The van der Waals surface area contributed by atoms with Crippen LogP contribution in [0.1, 0.15) is 0 Å². The largest absolute Gasteiger partial charge is 0.293 e. The smallest absolute Gasteiger partial charge is 0.250 e. The van der Waals surface area contributed by atoms with Gasteiger partial charge in [-0.2, -0.15) is 14.9 Å². The van der Waals surface area contributed by atoms with Gasteiger partial charge in [0.05, 0.1) is 4.88 Å². The first-order valence-corrected chi connectivity index (χ1v) is 6.16. The van der Waals surface area contributed by atoms with E-state index in [4.69, 9.17) is 0 Å². The second-order valence-electron chi connectivity index (χ2n) is 3.50. The fraction of sp³-hybridized carbons (Fsp3) is 0.111. The Morgan fingerprint density at radius 2 is 2.47 bits per heavy atom. The van der Waals surface area contributed by atoms with Crippen LogP contribution in [-0.4, -0.2) is 41.3 Å². The maximum Gasteiger partial charge on any atom is 0.250 e. The van der Waals surface area contributed by atoms with Gasteiger partial charge in [-0.05, 0) is 16.7 Å². The van der Waals surface area contributed by atoms with Crippen molar-refractivity contribution in [3.05, 3.63) is 23.8 Å². The summed E-state index contributed by atoms with van der Waals surface area (Å²) in [6, 6.07) is 3.79. The van der Waals surface area contributed by atoms with Crippen molar-refractivity contribution in [2.24, 2.45) is 0 Å². The molecule has 1 amide bonds. The zero-order chi connectivity index (χ0) is 13.1. The van der Waals surface area contributed by atoms with E-state index < -0.39 is 0 Å². The van der Waals surface area contributed by atoms with Crippen molar-refractivity contribution in [3.63, 3.8) is 0 Å². The fourth-order valence-corrected chi connectivity index (χ4v) is 2.03. The lowest BCUT2D eigenvalue weighted by atomic mass is 10.5. The zero-order valence-corrected chi connectivity index (χ0v) is 10.3. The van der Waals surface area contributed by atoms with Gasteiger partial charge in [-0.3, -0.25) is 10.1 Å². The average molecular weight is 276 g/mol. The summed E-state index contributed by atoms with van der Waals surface area (Å²) >= 11 is 1.51. The third-order valence-electron chi connectivity index (χ3n) is 2.15. The Morgan fingerprint density at radius 3 is 3.21 bits per heavy atom. The van der Waals surface area contributed by atoms with Gasteiger partial charge in [0.1, 0.15) is 12.9 Å². The van der Waals surface area contributed by atoms with Gasteiger partial charge in [0, 0.05) is 0 Å². The van der Waals surface area contributed by atoms with Crippen molar-refractivity contribution < 1.29 is 4.79 Å². The van der Waals surface area contributed by atoms with Crippen LogP contribution in [0, 0.1) is 0 Å². The molecule has 10 heteroatoms. The van der Waals surface area contributed by atoms with Gasteiger partial charge in [-0.1, -0.05) is 6.07 Å². The monoisotopic (exact) mass is 276 g/mol. The van der Waals surface area contributed by atoms with Crippen LogP contribution >= 0.6 is 11.3 Å². The number of nitrogens with one attached hydrogen (secondary N) is 2.